The summed E-state index contributed by atoms with van der Waals surface area (Å²) in [5.41, 5.74) is 6.28. The molecule has 0 amide bonds. The van der Waals surface area contributed by atoms with Crippen LogP contribution in [0.4, 0.5) is 0 Å². The van der Waals surface area contributed by atoms with Crippen molar-refractivity contribution in [1.82, 2.24) is 0 Å². The van der Waals surface area contributed by atoms with E-state index in [0.717, 1.165) is 0 Å². The lowest BCUT2D eigenvalue weighted by Gasteiger charge is -2.26. The average molecular weight is 157 g/mol. The molecule has 0 heterocycles. The topological polar surface area (TPSA) is 26.0 Å². The minimum atomic E-state index is 0.285. The first-order valence-electron chi connectivity index (χ1n) is 4.74. The van der Waals surface area contributed by atoms with Gasteiger partial charge in [0.25, 0.3) is 0 Å². The maximum absolute atomic E-state index is 5.99. The van der Waals surface area contributed by atoms with Gasteiger partial charge in [-0.05, 0) is 11.8 Å². The van der Waals surface area contributed by atoms with Crippen LogP contribution in [0, 0.1) is 5.41 Å². The molecular weight excluding hydrogens is 134 g/mol. The first kappa shape index (κ1) is 11.0. The smallest absolute Gasteiger partial charge is 0.00876 e. The van der Waals surface area contributed by atoms with Crippen molar-refractivity contribution in [3.63, 3.8) is 0 Å². The minimum absolute atomic E-state index is 0.285. The Morgan fingerprint density at radius 2 is 1.73 bits per heavy atom. The SMILES string of the molecule is CCCCCC(N)C(C)(C)C. The van der Waals surface area contributed by atoms with E-state index in [0.29, 0.717) is 6.04 Å². The van der Waals surface area contributed by atoms with Crippen LogP contribution in [0.1, 0.15) is 53.4 Å². The molecule has 11 heavy (non-hydrogen) atoms. The first-order chi connectivity index (χ1) is 4.98. The molecule has 0 aliphatic carbocycles. The summed E-state index contributed by atoms with van der Waals surface area (Å²) in [6.07, 6.45) is 5.08. The predicted molar refractivity (Wildman–Crippen MR) is 51.6 cm³/mol. The van der Waals surface area contributed by atoms with Crippen molar-refractivity contribution in [2.75, 3.05) is 0 Å². The van der Waals surface area contributed by atoms with Crippen molar-refractivity contribution in [3.8, 4) is 0 Å². The summed E-state index contributed by atoms with van der Waals surface area (Å²) >= 11 is 0. The van der Waals surface area contributed by atoms with Gasteiger partial charge in [0.1, 0.15) is 0 Å². The fraction of sp³-hybridized carbons (Fsp3) is 1.00. The van der Waals surface area contributed by atoms with Crippen LogP contribution >= 0.6 is 0 Å². The molecule has 1 atom stereocenters. The number of unbranched alkanes of at least 4 members (excludes halogenated alkanes) is 2. The van der Waals surface area contributed by atoms with Gasteiger partial charge in [-0.3, -0.25) is 0 Å². The highest BCUT2D eigenvalue weighted by atomic mass is 14.7. The lowest BCUT2D eigenvalue weighted by atomic mass is 9.84. The Morgan fingerprint density at radius 3 is 2.09 bits per heavy atom. The van der Waals surface area contributed by atoms with E-state index >= 15 is 0 Å². The molecule has 1 heteroatoms. The molecule has 1 nitrogen and oxygen atoms in total. The van der Waals surface area contributed by atoms with E-state index < -0.39 is 0 Å². The second-order valence-electron chi connectivity index (χ2n) is 4.47. The minimum Gasteiger partial charge on any atom is -0.327 e. The van der Waals surface area contributed by atoms with Crippen LogP contribution in [0.5, 0.6) is 0 Å². The van der Waals surface area contributed by atoms with Crippen molar-refractivity contribution in [2.24, 2.45) is 11.1 Å². The Hall–Kier alpha value is -0.0400. The number of hydrogen-bond acceptors (Lipinski definition) is 1. The van der Waals surface area contributed by atoms with E-state index in [9.17, 15) is 0 Å². The van der Waals surface area contributed by atoms with Gasteiger partial charge in [0.05, 0.1) is 0 Å². The van der Waals surface area contributed by atoms with Gasteiger partial charge in [-0.2, -0.15) is 0 Å². The van der Waals surface area contributed by atoms with Crippen molar-refractivity contribution < 1.29 is 0 Å². The van der Waals surface area contributed by atoms with Crippen molar-refractivity contribution >= 4 is 0 Å². The first-order valence-corrected chi connectivity index (χ1v) is 4.74. The van der Waals surface area contributed by atoms with Crippen LogP contribution < -0.4 is 5.73 Å². The van der Waals surface area contributed by atoms with Gasteiger partial charge >= 0.3 is 0 Å². The molecule has 2 N–H and O–H groups in total. The van der Waals surface area contributed by atoms with Crippen molar-refractivity contribution in [3.05, 3.63) is 0 Å². The Labute approximate surface area is 71.4 Å². The maximum atomic E-state index is 5.99. The third-order valence-electron chi connectivity index (χ3n) is 2.23. The number of hydrogen-bond donors (Lipinski definition) is 1. The molecule has 0 bridgehead atoms. The van der Waals surface area contributed by atoms with Gasteiger partial charge in [0.2, 0.25) is 0 Å². The van der Waals surface area contributed by atoms with Crippen LogP contribution in [0.25, 0.3) is 0 Å². The Bertz CT molecular complexity index is 91.5. The summed E-state index contributed by atoms with van der Waals surface area (Å²) in [4.78, 5) is 0. The molecule has 0 radical (unpaired) electrons. The van der Waals surface area contributed by atoms with E-state index in [1.807, 2.05) is 0 Å². The summed E-state index contributed by atoms with van der Waals surface area (Å²) in [6, 6.07) is 0.369. The number of nitrogens with two attached hydrogens (primary N) is 1. The average Bonchev–Trinajstić information content (AvgIpc) is 1.86. The Morgan fingerprint density at radius 1 is 1.18 bits per heavy atom. The molecule has 1 unspecified atom stereocenters. The lowest BCUT2D eigenvalue weighted by Crippen LogP contribution is -2.34. The highest BCUT2D eigenvalue weighted by molar-refractivity contribution is 4.76. The van der Waals surface area contributed by atoms with Crippen molar-refractivity contribution in [1.29, 1.82) is 0 Å². The summed E-state index contributed by atoms with van der Waals surface area (Å²) in [6.45, 7) is 8.86. The van der Waals surface area contributed by atoms with E-state index in [2.05, 4.69) is 27.7 Å². The molecule has 0 aromatic heterocycles. The standard InChI is InChI=1S/C10H23N/c1-5-6-7-8-9(11)10(2,3)4/h9H,5-8,11H2,1-4H3. The number of rotatable bonds is 4. The van der Waals surface area contributed by atoms with Crippen LogP contribution in [-0.4, -0.2) is 6.04 Å². The van der Waals surface area contributed by atoms with Crippen molar-refractivity contribution in [2.45, 2.75) is 59.4 Å². The Balaban J connectivity index is 3.44. The monoisotopic (exact) mass is 157 g/mol. The fourth-order valence-electron chi connectivity index (χ4n) is 1.05. The van der Waals surface area contributed by atoms with E-state index in [4.69, 9.17) is 5.73 Å². The molecule has 0 aromatic rings. The summed E-state index contributed by atoms with van der Waals surface area (Å²) in [5.74, 6) is 0. The van der Waals surface area contributed by atoms with Gasteiger partial charge < -0.3 is 5.73 Å². The van der Waals surface area contributed by atoms with Gasteiger partial charge in [0, 0.05) is 6.04 Å². The summed E-state index contributed by atoms with van der Waals surface area (Å²) < 4.78 is 0. The van der Waals surface area contributed by atoms with Gasteiger partial charge in [0.15, 0.2) is 0 Å². The highest BCUT2D eigenvalue weighted by Crippen LogP contribution is 2.21. The van der Waals surface area contributed by atoms with Gasteiger partial charge in [-0.15, -0.1) is 0 Å². The van der Waals surface area contributed by atoms with E-state index in [-0.39, 0.29) is 5.41 Å². The molecule has 0 rings (SSSR count). The second-order valence-corrected chi connectivity index (χ2v) is 4.47. The zero-order valence-electron chi connectivity index (χ0n) is 8.48. The molecule has 0 fully saturated rings. The largest absolute Gasteiger partial charge is 0.327 e. The molecule has 0 saturated heterocycles. The maximum Gasteiger partial charge on any atom is 0.00876 e. The zero-order chi connectivity index (χ0) is 8.91. The van der Waals surface area contributed by atoms with E-state index in [1.54, 1.807) is 0 Å². The Kier molecular flexibility index (Phi) is 4.74. The van der Waals surface area contributed by atoms with Gasteiger partial charge in [-0.25, -0.2) is 0 Å². The fourth-order valence-corrected chi connectivity index (χ4v) is 1.05. The summed E-state index contributed by atoms with van der Waals surface area (Å²) in [7, 11) is 0. The third kappa shape index (κ3) is 5.25. The van der Waals surface area contributed by atoms with Crippen LogP contribution in [0.15, 0.2) is 0 Å². The second kappa shape index (κ2) is 4.76. The van der Waals surface area contributed by atoms with Crippen LogP contribution in [0.3, 0.4) is 0 Å². The molecule has 0 saturated carbocycles. The molecule has 0 aromatic carbocycles. The highest BCUT2D eigenvalue weighted by Gasteiger charge is 2.19. The van der Waals surface area contributed by atoms with Crippen LogP contribution in [-0.2, 0) is 0 Å². The van der Waals surface area contributed by atoms with E-state index in [1.165, 1.54) is 25.7 Å². The normalized spacial score (nSPS) is 15.0. The lowest BCUT2D eigenvalue weighted by molar-refractivity contribution is 0.299. The quantitative estimate of drug-likeness (QED) is 0.624. The van der Waals surface area contributed by atoms with Gasteiger partial charge in [-0.1, -0.05) is 47.0 Å². The zero-order valence-corrected chi connectivity index (χ0v) is 8.48. The van der Waals surface area contributed by atoms with Crippen LogP contribution in [0.2, 0.25) is 0 Å². The molecule has 0 aliphatic rings. The summed E-state index contributed by atoms with van der Waals surface area (Å²) in [5, 5.41) is 0. The molecule has 68 valence electrons. The third-order valence-corrected chi connectivity index (χ3v) is 2.23. The predicted octanol–water partition coefficient (Wildman–Crippen LogP) is 2.94. The molecular formula is C10H23N. The molecule has 0 spiro atoms. The molecule has 0 aliphatic heterocycles.